The summed E-state index contributed by atoms with van der Waals surface area (Å²) in [4.78, 5) is 36.9. The zero-order valence-electron chi connectivity index (χ0n) is 16.3. The molecule has 1 aliphatic heterocycles. The SMILES string of the molecule is O=C(O)CN1CCC(CNc2ncc3cc(-c4ccccc4Cl)c(=O)[nH]c3n2)CC1. The van der Waals surface area contributed by atoms with Gasteiger partial charge in [0.25, 0.3) is 5.56 Å². The zero-order chi connectivity index (χ0) is 21.1. The standard InChI is InChI=1S/C21H22ClN5O3/c22-17-4-2-1-3-15(17)16-9-14-11-24-21(26-19(14)25-20(16)30)23-10-13-5-7-27(8-6-13)12-18(28)29/h1-4,9,11,13H,5-8,10,12H2,(H,28,29)(H2,23,24,25,26,30). The molecule has 4 rings (SSSR count). The van der Waals surface area contributed by atoms with Crippen LogP contribution in [0.5, 0.6) is 0 Å². The molecule has 0 spiro atoms. The molecule has 8 nitrogen and oxygen atoms in total. The summed E-state index contributed by atoms with van der Waals surface area (Å²) in [6.07, 6.45) is 3.52. The molecule has 0 unspecified atom stereocenters. The average Bonchev–Trinajstić information content (AvgIpc) is 2.73. The maximum atomic E-state index is 12.6. The van der Waals surface area contributed by atoms with E-state index >= 15 is 0 Å². The normalized spacial score (nSPS) is 15.4. The van der Waals surface area contributed by atoms with E-state index in [1.807, 2.05) is 17.0 Å². The number of nitrogens with one attached hydrogen (secondary N) is 2. The molecule has 0 radical (unpaired) electrons. The van der Waals surface area contributed by atoms with E-state index in [-0.39, 0.29) is 12.1 Å². The van der Waals surface area contributed by atoms with Crippen molar-refractivity contribution in [1.82, 2.24) is 19.9 Å². The van der Waals surface area contributed by atoms with Crippen LogP contribution >= 0.6 is 11.6 Å². The Bertz CT molecular complexity index is 1130. The third kappa shape index (κ3) is 4.60. The minimum Gasteiger partial charge on any atom is -0.480 e. The zero-order valence-corrected chi connectivity index (χ0v) is 17.0. The summed E-state index contributed by atoms with van der Waals surface area (Å²) >= 11 is 6.23. The molecule has 3 heterocycles. The molecule has 9 heteroatoms. The number of anilines is 1. The van der Waals surface area contributed by atoms with Crippen LogP contribution in [-0.4, -0.2) is 57.1 Å². The highest BCUT2D eigenvalue weighted by Gasteiger charge is 2.20. The van der Waals surface area contributed by atoms with Crippen molar-refractivity contribution >= 4 is 34.6 Å². The number of nitrogens with zero attached hydrogens (tertiary/aromatic N) is 3. The summed E-state index contributed by atoms with van der Waals surface area (Å²) in [5.74, 6) is 0.0930. The lowest BCUT2D eigenvalue weighted by molar-refractivity contribution is -0.138. The lowest BCUT2D eigenvalue weighted by Gasteiger charge is -2.30. The minimum atomic E-state index is -0.789. The van der Waals surface area contributed by atoms with Crippen LogP contribution in [0.3, 0.4) is 0 Å². The number of benzene rings is 1. The van der Waals surface area contributed by atoms with Gasteiger partial charge in [0.05, 0.1) is 6.54 Å². The van der Waals surface area contributed by atoms with Crippen molar-refractivity contribution in [2.24, 2.45) is 5.92 Å². The number of carboxylic acids is 1. The molecule has 1 fully saturated rings. The van der Waals surface area contributed by atoms with Crippen LogP contribution in [0, 0.1) is 5.92 Å². The number of carboxylic acid groups (broad SMARTS) is 1. The van der Waals surface area contributed by atoms with Gasteiger partial charge in [-0.05, 0) is 44.0 Å². The number of likely N-dealkylation sites (tertiary alicyclic amines) is 1. The van der Waals surface area contributed by atoms with Crippen LogP contribution in [-0.2, 0) is 4.79 Å². The number of pyridine rings is 1. The smallest absolute Gasteiger partial charge is 0.317 e. The Balaban J connectivity index is 1.44. The lowest BCUT2D eigenvalue weighted by Crippen LogP contribution is -2.38. The van der Waals surface area contributed by atoms with E-state index in [1.165, 1.54) is 0 Å². The number of aliphatic carboxylic acids is 1. The molecule has 30 heavy (non-hydrogen) atoms. The molecule has 0 aliphatic carbocycles. The maximum Gasteiger partial charge on any atom is 0.317 e. The predicted molar refractivity (Wildman–Crippen MR) is 116 cm³/mol. The van der Waals surface area contributed by atoms with E-state index in [1.54, 1.807) is 24.4 Å². The first-order valence-electron chi connectivity index (χ1n) is 9.82. The van der Waals surface area contributed by atoms with E-state index in [9.17, 15) is 9.59 Å². The molecule has 0 atom stereocenters. The average molecular weight is 428 g/mol. The van der Waals surface area contributed by atoms with Crippen LogP contribution in [0.2, 0.25) is 5.02 Å². The Morgan fingerprint density at radius 3 is 2.77 bits per heavy atom. The molecular formula is C21H22ClN5O3. The van der Waals surface area contributed by atoms with Crippen molar-refractivity contribution in [2.45, 2.75) is 12.8 Å². The Morgan fingerprint density at radius 2 is 2.03 bits per heavy atom. The fraction of sp³-hybridized carbons (Fsp3) is 0.333. The van der Waals surface area contributed by atoms with Crippen LogP contribution < -0.4 is 10.9 Å². The summed E-state index contributed by atoms with van der Waals surface area (Å²) in [5.41, 5.74) is 1.35. The van der Waals surface area contributed by atoms with Gasteiger partial charge in [-0.25, -0.2) is 4.98 Å². The number of hydrogen-bond donors (Lipinski definition) is 3. The van der Waals surface area contributed by atoms with Crippen molar-refractivity contribution in [3.05, 3.63) is 51.9 Å². The van der Waals surface area contributed by atoms with Crippen molar-refractivity contribution in [3.63, 3.8) is 0 Å². The number of aromatic amines is 1. The van der Waals surface area contributed by atoms with E-state index < -0.39 is 5.97 Å². The van der Waals surface area contributed by atoms with Gasteiger partial charge in [-0.2, -0.15) is 4.98 Å². The molecule has 2 aromatic heterocycles. The summed E-state index contributed by atoms with van der Waals surface area (Å²) in [7, 11) is 0. The second kappa shape index (κ2) is 8.81. The van der Waals surface area contributed by atoms with E-state index in [2.05, 4.69) is 20.3 Å². The van der Waals surface area contributed by atoms with E-state index in [4.69, 9.17) is 16.7 Å². The van der Waals surface area contributed by atoms with Crippen molar-refractivity contribution in [2.75, 3.05) is 31.5 Å². The van der Waals surface area contributed by atoms with Crippen molar-refractivity contribution < 1.29 is 9.90 Å². The molecule has 0 saturated carbocycles. The predicted octanol–water partition coefficient (Wildman–Crippen LogP) is 2.85. The highest BCUT2D eigenvalue weighted by molar-refractivity contribution is 6.33. The van der Waals surface area contributed by atoms with Gasteiger partial charge in [0.1, 0.15) is 5.65 Å². The van der Waals surface area contributed by atoms with Gasteiger partial charge in [-0.3, -0.25) is 14.5 Å². The number of hydrogen-bond acceptors (Lipinski definition) is 6. The quantitative estimate of drug-likeness (QED) is 0.554. The van der Waals surface area contributed by atoms with Crippen molar-refractivity contribution in [1.29, 1.82) is 0 Å². The summed E-state index contributed by atoms with van der Waals surface area (Å²) in [6.45, 7) is 2.34. The summed E-state index contributed by atoms with van der Waals surface area (Å²) in [5, 5.41) is 13.3. The van der Waals surface area contributed by atoms with Crippen LogP contribution in [0.15, 0.2) is 41.3 Å². The number of rotatable bonds is 6. The Morgan fingerprint density at radius 1 is 1.27 bits per heavy atom. The van der Waals surface area contributed by atoms with Crippen LogP contribution in [0.25, 0.3) is 22.2 Å². The monoisotopic (exact) mass is 427 g/mol. The first-order chi connectivity index (χ1) is 14.5. The number of H-pyrrole nitrogens is 1. The maximum absolute atomic E-state index is 12.6. The van der Waals surface area contributed by atoms with Gasteiger partial charge >= 0.3 is 5.97 Å². The highest BCUT2D eigenvalue weighted by Crippen LogP contribution is 2.26. The number of fused-ring (bicyclic) bond motifs is 1. The minimum absolute atomic E-state index is 0.0947. The third-order valence-electron chi connectivity index (χ3n) is 5.37. The summed E-state index contributed by atoms with van der Waals surface area (Å²) < 4.78 is 0. The van der Waals surface area contributed by atoms with Crippen LogP contribution in [0.1, 0.15) is 12.8 Å². The largest absolute Gasteiger partial charge is 0.480 e. The molecule has 0 bridgehead atoms. The second-order valence-corrected chi connectivity index (χ2v) is 7.89. The topological polar surface area (TPSA) is 111 Å². The van der Waals surface area contributed by atoms with Crippen molar-refractivity contribution in [3.8, 4) is 11.1 Å². The van der Waals surface area contributed by atoms with E-state index in [0.29, 0.717) is 40.2 Å². The lowest BCUT2D eigenvalue weighted by atomic mass is 9.97. The molecule has 1 aliphatic rings. The first kappa shape index (κ1) is 20.3. The second-order valence-electron chi connectivity index (χ2n) is 7.48. The van der Waals surface area contributed by atoms with Gasteiger partial charge in [-0.15, -0.1) is 0 Å². The molecule has 1 saturated heterocycles. The van der Waals surface area contributed by atoms with Crippen LogP contribution in [0.4, 0.5) is 5.95 Å². The first-order valence-corrected chi connectivity index (χ1v) is 10.2. The van der Waals surface area contributed by atoms with Gasteiger partial charge in [0, 0.05) is 34.3 Å². The number of carbonyl (C=O) groups is 1. The highest BCUT2D eigenvalue weighted by atomic mass is 35.5. The summed E-state index contributed by atoms with van der Waals surface area (Å²) in [6, 6.07) is 8.95. The van der Waals surface area contributed by atoms with Gasteiger partial charge in [-0.1, -0.05) is 29.8 Å². The Labute approximate surface area is 177 Å². The van der Waals surface area contributed by atoms with Gasteiger partial charge in [0.2, 0.25) is 5.95 Å². The fourth-order valence-electron chi connectivity index (χ4n) is 3.73. The Kier molecular flexibility index (Phi) is 5.96. The Hall–Kier alpha value is -2.97. The molecular weight excluding hydrogens is 406 g/mol. The van der Waals surface area contributed by atoms with Gasteiger partial charge in [0.15, 0.2) is 0 Å². The molecule has 3 aromatic rings. The molecule has 3 N–H and O–H groups in total. The number of aromatic nitrogens is 3. The van der Waals surface area contributed by atoms with Gasteiger partial charge < -0.3 is 15.4 Å². The van der Waals surface area contributed by atoms with E-state index in [0.717, 1.165) is 31.3 Å². The number of halogens is 1. The fourth-order valence-corrected chi connectivity index (χ4v) is 3.97. The third-order valence-corrected chi connectivity index (χ3v) is 5.70. The molecule has 1 aromatic carbocycles. The molecule has 156 valence electrons. The number of piperidine rings is 1. The molecule has 0 amide bonds.